The molecular weight excluding hydrogens is 252 g/mol. The van der Waals surface area contributed by atoms with Crippen LogP contribution in [0.1, 0.15) is 56.9 Å². The summed E-state index contributed by atoms with van der Waals surface area (Å²) in [5, 5.41) is 0. The van der Waals surface area contributed by atoms with Gasteiger partial charge in [-0.2, -0.15) is 0 Å². The molecule has 0 atom stereocenters. The first kappa shape index (κ1) is 14.4. The van der Waals surface area contributed by atoms with Gasteiger partial charge < -0.3 is 0 Å². The molecule has 2 aromatic rings. The lowest BCUT2D eigenvalue weighted by atomic mass is 9.77. The molecule has 1 aliphatic rings. The van der Waals surface area contributed by atoms with Crippen molar-refractivity contribution >= 4 is 0 Å². The molecule has 0 bridgehead atoms. The molecule has 0 heterocycles. The van der Waals surface area contributed by atoms with Gasteiger partial charge in [0.2, 0.25) is 0 Å². The van der Waals surface area contributed by atoms with Crippen molar-refractivity contribution in [3.8, 4) is 11.1 Å². The van der Waals surface area contributed by atoms with Crippen LogP contribution in [0.15, 0.2) is 54.6 Å². The highest BCUT2D eigenvalue weighted by molar-refractivity contribution is 5.63. The van der Waals surface area contributed by atoms with Crippen molar-refractivity contribution in [1.82, 2.24) is 0 Å². The Morgan fingerprint density at radius 3 is 2.00 bits per heavy atom. The minimum Gasteiger partial charge on any atom is -0.0654 e. The van der Waals surface area contributed by atoms with Gasteiger partial charge in [0.15, 0.2) is 0 Å². The van der Waals surface area contributed by atoms with E-state index in [9.17, 15) is 0 Å². The van der Waals surface area contributed by atoms with Gasteiger partial charge in [0.1, 0.15) is 0 Å². The molecule has 0 amide bonds. The molecule has 0 heteroatoms. The van der Waals surface area contributed by atoms with Gasteiger partial charge in [-0.25, -0.2) is 0 Å². The van der Waals surface area contributed by atoms with E-state index in [-0.39, 0.29) is 0 Å². The van der Waals surface area contributed by atoms with Crippen LogP contribution >= 0.6 is 0 Å². The third-order valence-electron chi connectivity index (χ3n) is 5.03. The van der Waals surface area contributed by atoms with Crippen LogP contribution in [0.5, 0.6) is 0 Å². The molecule has 0 N–H and O–H groups in total. The second-order valence-electron chi connectivity index (χ2n) is 6.49. The zero-order chi connectivity index (χ0) is 14.5. The highest BCUT2D eigenvalue weighted by atomic mass is 14.3. The molecule has 0 saturated heterocycles. The van der Waals surface area contributed by atoms with Gasteiger partial charge in [-0.15, -0.1) is 0 Å². The maximum Gasteiger partial charge on any atom is -0.0162 e. The van der Waals surface area contributed by atoms with Crippen LogP contribution in [-0.2, 0) is 0 Å². The molecule has 1 fully saturated rings. The molecule has 110 valence electrons. The van der Waals surface area contributed by atoms with Gasteiger partial charge in [-0.3, -0.25) is 0 Å². The minimum atomic E-state index is 0.794. The Labute approximate surface area is 129 Å². The minimum absolute atomic E-state index is 0.794. The number of rotatable bonds is 4. The van der Waals surface area contributed by atoms with Crippen LogP contribution in [0.2, 0.25) is 0 Å². The van der Waals surface area contributed by atoms with Crippen LogP contribution in [0.25, 0.3) is 11.1 Å². The van der Waals surface area contributed by atoms with Gasteiger partial charge in [0, 0.05) is 0 Å². The fraction of sp³-hybridized carbons (Fsp3) is 0.429. The lowest BCUT2D eigenvalue weighted by Gasteiger charge is -2.28. The van der Waals surface area contributed by atoms with Crippen molar-refractivity contribution in [2.24, 2.45) is 5.92 Å². The van der Waals surface area contributed by atoms with Gasteiger partial charge in [0.05, 0.1) is 0 Å². The van der Waals surface area contributed by atoms with E-state index >= 15 is 0 Å². The molecule has 0 radical (unpaired) electrons. The van der Waals surface area contributed by atoms with Gasteiger partial charge in [-0.05, 0) is 54.2 Å². The van der Waals surface area contributed by atoms with E-state index in [1.54, 1.807) is 5.56 Å². The normalized spacial score (nSPS) is 22.1. The summed E-state index contributed by atoms with van der Waals surface area (Å²) in [4.78, 5) is 0. The molecule has 0 spiro atoms. The molecule has 3 rings (SSSR count). The van der Waals surface area contributed by atoms with Crippen molar-refractivity contribution in [3.63, 3.8) is 0 Å². The quantitative estimate of drug-likeness (QED) is 0.604. The molecular formula is C21H26. The highest BCUT2D eigenvalue weighted by Gasteiger charge is 2.21. The van der Waals surface area contributed by atoms with Gasteiger partial charge >= 0.3 is 0 Å². The van der Waals surface area contributed by atoms with E-state index in [1.165, 1.54) is 49.7 Å². The van der Waals surface area contributed by atoms with Gasteiger partial charge in [-0.1, -0.05) is 74.4 Å². The second-order valence-corrected chi connectivity index (χ2v) is 6.49. The summed E-state index contributed by atoms with van der Waals surface area (Å²) >= 11 is 0. The van der Waals surface area contributed by atoms with Crippen molar-refractivity contribution < 1.29 is 0 Å². The van der Waals surface area contributed by atoms with E-state index < -0.39 is 0 Å². The Morgan fingerprint density at radius 1 is 0.762 bits per heavy atom. The molecule has 0 aromatic heterocycles. The van der Waals surface area contributed by atoms with Crippen LogP contribution in [0.3, 0.4) is 0 Å². The summed E-state index contributed by atoms with van der Waals surface area (Å²) in [6.45, 7) is 2.31. The van der Waals surface area contributed by atoms with Crippen LogP contribution < -0.4 is 0 Å². The van der Waals surface area contributed by atoms with E-state index in [1.807, 2.05) is 0 Å². The highest BCUT2D eigenvalue weighted by Crippen LogP contribution is 2.37. The molecule has 1 aliphatic carbocycles. The Balaban J connectivity index is 1.65. The average molecular weight is 278 g/mol. The summed E-state index contributed by atoms with van der Waals surface area (Å²) in [7, 11) is 0. The first-order valence-electron chi connectivity index (χ1n) is 8.52. The van der Waals surface area contributed by atoms with E-state index in [0.717, 1.165) is 11.8 Å². The number of hydrogen-bond donors (Lipinski definition) is 0. The lowest BCUT2D eigenvalue weighted by Crippen LogP contribution is -2.13. The summed E-state index contributed by atoms with van der Waals surface area (Å²) < 4.78 is 0. The third kappa shape index (κ3) is 3.56. The molecule has 21 heavy (non-hydrogen) atoms. The van der Waals surface area contributed by atoms with Crippen molar-refractivity contribution in [1.29, 1.82) is 0 Å². The maximum absolute atomic E-state index is 2.35. The van der Waals surface area contributed by atoms with Gasteiger partial charge in [0.25, 0.3) is 0 Å². The second kappa shape index (κ2) is 6.93. The summed E-state index contributed by atoms with van der Waals surface area (Å²) in [5.74, 6) is 1.79. The van der Waals surface area contributed by atoms with Crippen LogP contribution in [0.4, 0.5) is 0 Å². The first-order valence-corrected chi connectivity index (χ1v) is 8.52. The number of hydrogen-bond acceptors (Lipinski definition) is 0. The smallest absolute Gasteiger partial charge is 0.0162 e. The monoisotopic (exact) mass is 278 g/mol. The Bertz CT molecular complexity index is 530. The topological polar surface area (TPSA) is 0 Å². The molecule has 0 nitrogen and oxygen atoms in total. The van der Waals surface area contributed by atoms with Crippen molar-refractivity contribution in [3.05, 3.63) is 60.2 Å². The summed E-state index contributed by atoms with van der Waals surface area (Å²) in [5.41, 5.74) is 4.19. The zero-order valence-electron chi connectivity index (χ0n) is 13.1. The first-order chi connectivity index (χ1) is 10.4. The lowest BCUT2D eigenvalue weighted by molar-refractivity contribution is 0.308. The molecule has 2 aromatic carbocycles. The Kier molecular flexibility index (Phi) is 4.75. The standard InChI is InChI=1S/C21H26/c1-2-6-17-9-11-19(12-10-17)21-15-13-20(14-16-21)18-7-4-3-5-8-18/h3-5,7-8,13-17,19H,2,6,9-12H2,1H3/t17-,19-. The molecule has 0 aliphatic heterocycles. The fourth-order valence-electron chi connectivity index (χ4n) is 3.77. The van der Waals surface area contributed by atoms with Crippen molar-refractivity contribution in [2.75, 3.05) is 0 Å². The van der Waals surface area contributed by atoms with Crippen LogP contribution in [0, 0.1) is 5.92 Å². The molecule has 1 saturated carbocycles. The summed E-state index contributed by atoms with van der Waals surface area (Å²) in [6, 6.07) is 20.0. The predicted octanol–water partition coefficient (Wildman–Crippen LogP) is 6.43. The van der Waals surface area contributed by atoms with E-state index in [4.69, 9.17) is 0 Å². The maximum atomic E-state index is 2.35. The van der Waals surface area contributed by atoms with E-state index in [2.05, 4.69) is 61.5 Å². The predicted molar refractivity (Wildman–Crippen MR) is 91.5 cm³/mol. The number of benzene rings is 2. The fourth-order valence-corrected chi connectivity index (χ4v) is 3.77. The van der Waals surface area contributed by atoms with E-state index in [0.29, 0.717) is 0 Å². The van der Waals surface area contributed by atoms with Crippen molar-refractivity contribution in [2.45, 2.75) is 51.4 Å². The zero-order valence-corrected chi connectivity index (χ0v) is 13.1. The molecule has 0 unspecified atom stereocenters. The Morgan fingerprint density at radius 2 is 1.38 bits per heavy atom. The Hall–Kier alpha value is -1.56. The SMILES string of the molecule is CCC[C@H]1CC[C@H](c2ccc(-c3ccccc3)cc2)CC1. The largest absolute Gasteiger partial charge is 0.0654 e. The average Bonchev–Trinajstić information content (AvgIpc) is 2.57. The third-order valence-corrected chi connectivity index (χ3v) is 5.03. The summed E-state index contributed by atoms with van der Waals surface area (Å²) in [6.07, 6.45) is 8.41. The van der Waals surface area contributed by atoms with Crippen LogP contribution in [-0.4, -0.2) is 0 Å².